The van der Waals surface area contributed by atoms with Crippen molar-refractivity contribution in [3.63, 3.8) is 0 Å². The highest BCUT2D eigenvalue weighted by molar-refractivity contribution is 5.93. The van der Waals surface area contributed by atoms with Crippen molar-refractivity contribution in [2.45, 2.75) is 112 Å². The van der Waals surface area contributed by atoms with Crippen molar-refractivity contribution in [2.24, 2.45) is 17.8 Å². The lowest BCUT2D eigenvalue weighted by Gasteiger charge is -2.35. The zero-order chi connectivity index (χ0) is 34.0. The molecule has 44 heavy (non-hydrogen) atoms. The number of nitrogens with zero attached hydrogens (tertiary/aromatic N) is 1. The predicted octanol–water partition coefficient (Wildman–Crippen LogP) is 3.39. The maximum Gasteiger partial charge on any atom is 0.324 e. The van der Waals surface area contributed by atoms with E-state index in [1.54, 1.807) is 45.9 Å². The fraction of sp³-hybridized carbons (Fsp3) is 0.667. The van der Waals surface area contributed by atoms with Gasteiger partial charge in [0, 0.05) is 19.4 Å². The molecule has 1 rings (SSSR count). The smallest absolute Gasteiger partial charge is 0.324 e. The third kappa shape index (κ3) is 13.5. The van der Waals surface area contributed by atoms with Gasteiger partial charge >= 0.3 is 5.97 Å². The molecule has 5 unspecified atom stereocenters. The third-order valence-corrected chi connectivity index (χ3v) is 7.24. The van der Waals surface area contributed by atoms with Gasteiger partial charge in [0.25, 0.3) is 5.91 Å². The molecular weight excluding hydrogens is 564 g/mol. The molecule has 0 aromatic rings. The molecule has 1 aliphatic rings. The van der Waals surface area contributed by atoms with Crippen LogP contribution in [0.3, 0.4) is 0 Å². The highest BCUT2D eigenvalue weighted by atomic mass is 16.5. The van der Waals surface area contributed by atoms with Gasteiger partial charge in [-0.2, -0.15) is 0 Å². The number of aliphatic hydroxyl groups is 1. The van der Waals surface area contributed by atoms with E-state index in [0.29, 0.717) is 25.0 Å². The van der Waals surface area contributed by atoms with Gasteiger partial charge in [-0.25, -0.2) is 5.43 Å². The molecule has 0 radical (unpaired) electrons. The summed E-state index contributed by atoms with van der Waals surface area (Å²) in [6.45, 7) is 18.5. The molecule has 5 atom stereocenters. The van der Waals surface area contributed by atoms with Crippen molar-refractivity contribution in [1.82, 2.24) is 21.1 Å². The van der Waals surface area contributed by atoms with Gasteiger partial charge in [-0.3, -0.25) is 24.2 Å². The number of esters is 1. The number of methoxy groups -OCH3 is 1. The first-order chi connectivity index (χ1) is 20.8. The number of carbonyl (C=O) groups excluding carboxylic acids is 5. The van der Waals surface area contributed by atoms with Crippen LogP contribution in [0.25, 0.3) is 0 Å². The number of hydrogen-bond acceptors (Lipinski definition) is 8. The second-order valence-corrected chi connectivity index (χ2v) is 11.4. The van der Waals surface area contributed by atoms with Gasteiger partial charge in [0.15, 0.2) is 0 Å². The van der Waals surface area contributed by atoms with Crippen molar-refractivity contribution >= 4 is 29.5 Å². The standard InChI is InChI=1S/C31H50N4O7.C2H6/c1-9-11-13-22(10-2)18-25(30(40)35-17-12-14-24(34-35)31(41)42-8)32-29(39)26(19(3)4)33-28(38)23(16-15-21(7)36)27(37)20(5)6;1-2/h9-11,13,19-20,23-27,34,37H,2,12,14-18H2,1,3-8H3,(H,32,39)(H,33,38);1-2H3/b11-9-,22-13+;. The van der Waals surface area contributed by atoms with Crippen LogP contribution in [-0.4, -0.2) is 77.5 Å². The number of aliphatic hydroxyl groups excluding tert-OH is 1. The average molecular weight is 621 g/mol. The zero-order valence-corrected chi connectivity index (χ0v) is 28.1. The Balaban J connectivity index is 0.00000904. The molecule has 1 heterocycles. The third-order valence-electron chi connectivity index (χ3n) is 7.24. The quantitative estimate of drug-likeness (QED) is 0.151. The van der Waals surface area contributed by atoms with Gasteiger partial charge in [0.05, 0.1) is 19.1 Å². The fourth-order valence-corrected chi connectivity index (χ4v) is 4.66. The van der Waals surface area contributed by atoms with E-state index in [1.165, 1.54) is 19.0 Å². The van der Waals surface area contributed by atoms with Gasteiger partial charge in [-0.05, 0) is 50.5 Å². The molecular formula is C33H56N4O7. The number of amides is 3. The Kier molecular flexibility index (Phi) is 19.8. The summed E-state index contributed by atoms with van der Waals surface area (Å²) in [6, 6.07) is -2.75. The molecule has 0 aromatic carbocycles. The molecule has 1 aliphatic heterocycles. The number of allylic oxidation sites excluding steroid dienone is 4. The largest absolute Gasteiger partial charge is 0.468 e. The van der Waals surface area contributed by atoms with Crippen LogP contribution in [0.5, 0.6) is 0 Å². The van der Waals surface area contributed by atoms with E-state index in [-0.39, 0.29) is 36.9 Å². The molecule has 3 amide bonds. The molecule has 0 spiro atoms. The number of rotatable bonds is 16. The van der Waals surface area contributed by atoms with Crippen LogP contribution in [0, 0.1) is 17.8 Å². The average Bonchev–Trinajstić information content (AvgIpc) is 3.00. The molecule has 11 nitrogen and oxygen atoms in total. The Hall–Kier alpha value is -3.31. The van der Waals surface area contributed by atoms with E-state index in [1.807, 2.05) is 26.8 Å². The van der Waals surface area contributed by atoms with E-state index < -0.39 is 53.8 Å². The molecule has 0 bridgehead atoms. The van der Waals surface area contributed by atoms with Gasteiger partial charge in [-0.1, -0.05) is 72.4 Å². The summed E-state index contributed by atoms with van der Waals surface area (Å²) in [6.07, 6.45) is 7.45. The SMILES string of the molecule is C=C/C(=C\C=C/C)CC(NC(=O)C(NC(=O)C(CCC(C)=O)C(O)C(C)C)C(C)C)C(=O)N1CCCC(C(=O)OC)N1.CC. The zero-order valence-electron chi connectivity index (χ0n) is 28.1. The molecule has 1 fully saturated rings. The summed E-state index contributed by atoms with van der Waals surface area (Å²) in [4.78, 5) is 64.4. The molecule has 250 valence electrons. The predicted molar refractivity (Wildman–Crippen MR) is 172 cm³/mol. The number of hydrogen-bond donors (Lipinski definition) is 4. The Morgan fingerprint density at radius 1 is 1.07 bits per heavy atom. The highest BCUT2D eigenvalue weighted by Crippen LogP contribution is 2.20. The van der Waals surface area contributed by atoms with Crippen molar-refractivity contribution in [3.05, 3.63) is 36.5 Å². The van der Waals surface area contributed by atoms with Gasteiger partial charge in [0.2, 0.25) is 11.8 Å². The number of nitrogens with one attached hydrogen (secondary N) is 3. The Labute approximate surface area is 263 Å². The van der Waals surface area contributed by atoms with Crippen molar-refractivity contribution in [2.75, 3.05) is 13.7 Å². The van der Waals surface area contributed by atoms with E-state index >= 15 is 0 Å². The summed E-state index contributed by atoms with van der Waals surface area (Å²) >= 11 is 0. The van der Waals surface area contributed by atoms with Crippen LogP contribution in [0.4, 0.5) is 0 Å². The minimum absolute atomic E-state index is 0.104. The maximum absolute atomic E-state index is 13.7. The Morgan fingerprint density at radius 2 is 1.70 bits per heavy atom. The lowest BCUT2D eigenvalue weighted by Crippen LogP contribution is -2.61. The Morgan fingerprint density at radius 3 is 2.20 bits per heavy atom. The lowest BCUT2D eigenvalue weighted by molar-refractivity contribution is -0.151. The van der Waals surface area contributed by atoms with Gasteiger partial charge < -0.3 is 25.3 Å². The van der Waals surface area contributed by atoms with Crippen molar-refractivity contribution < 1.29 is 33.8 Å². The number of ketones is 1. The topological polar surface area (TPSA) is 154 Å². The first-order valence-corrected chi connectivity index (χ1v) is 15.6. The molecule has 0 aliphatic carbocycles. The number of hydrazine groups is 1. The minimum atomic E-state index is -1.04. The van der Waals surface area contributed by atoms with Gasteiger partial charge in [0.1, 0.15) is 23.9 Å². The van der Waals surface area contributed by atoms with E-state index in [4.69, 9.17) is 4.74 Å². The normalized spacial score (nSPS) is 18.0. The van der Waals surface area contributed by atoms with E-state index in [0.717, 1.165) is 0 Å². The number of ether oxygens (including phenoxy) is 1. The van der Waals surface area contributed by atoms with Crippen LogP contribution in [0.1, 0.15) is 87.5 Å². The van der Waals surface area contributed by atoms with Crippen LogP contribution in [0.15, 0.2) is 36.5 Å². The molecule has 4 N–H and O–H groups in total. The lowest BCUT2D eigenvalue weighted by atomic mass is 9.87. The molecule has 11 heteroatoms. The van der Waals surface area contributed by atoms with Crippen LogP contribution in [-0.2, 0) is 28.7 Å². The molecule has 1 saturated heterocycles. The fourth-order valence-electron chi connectivity index (χ4n) is 4.66. The number of carbonyl (C=O) groups is 5. The van der Waals surface area contributed by atoms with Gasteiger partial charge in [-0.15, -0.1) is 0 Å². The number of Topliss-reactive ketones (excluding diaryl/α,β-unsaturated/α-hetero) is 1. The first-order valence-electron chi connectivity index (χ1n) is 15.6. The molecule has 0 aromatic heterocycles. The monoisotopic (exact) mass is 620 g/mol. The summed E-state index contributed by atoms with van der Waals surface area (Å²) in [7, 11) is 1.28. The van der Waals surface area contributed by atoms with E-state index in [9.17, 15) is 29.1 Å². The Bertz CT molecular complexity index is 1020. The van der Waals surface area contributed by atoms with E-state index in [2.05, 4.69) is 22.6 Å². The second kappa shape index (κ2) is 21.4. The summed E-state index contributed by atoms with van der Waals surface area (Å²) in [5, 5.41) is 17.6. The molecule has 0 saturated carbocycles. The van der Waals surface area contributed by atoms with Crippen LogP contribution in [0.2, 0.25) is 0 Å². The summed E-state index contributed by atoms with van der Waals surface area (Å²) in [5.74, 6) is -3.63. The first kappa shape index (κ1) is 40.7. The van der Waals surface area contributed by atoms with Crippen LogP contribution >= 0.6 is 0 Å². The van der Waals surface area contributed by atoms with Crippen LogP contribution < -0.4 is 16.1 Å². The minimum Gasteiger partial charge on any atom is -0.468 e. The van der Waals surface area contributed by atoms with Crippen molar-refractivity contribution in [1.29, 1.82) is 0 Å². The second-order valence-electron chi connectivity index (χ2n) is 11.4. The highest BCUT2D eigenvalue weighted by Gasteiger charge is 2.36. The summed E-state index contributed by atoms with van der Waals surface area (Å²) in [5.41, 5.74) is 3.61. The summed E-state index contributed by atoms with van der Waals surface area (Å²) < 4.78 is 4.83. The van der Waals surface area contributed by atoms with Crippen molar-refractivity contribution in [3.8, 4) is 0 Å². The maximum atomic E-state index is 13.7.